The molecule has 0 bridgehead atoms. The summed E-state index contributed by atoms with van der Waals surface area (Å²) in [4.78, 5) is 25.6. The Morgan fingerprint density at radius 2 is 1.60 bits per heavy atom. The summed E-state index contributed by atoms with van der Waals surface area (Å²) in [6, 6.07) is 13.4. The molecule has 0 heterocycles. The lowest BCUT2D eigenvalue weighted by molar-refractivity contribution is -0.122. The molecule has 0 unspecified atom stereocenters. The zero-order chi connectivity index (χ0) is 25.8. The first-order valence-corrected chi connectivity index (χ1v) is 14.0. The number of hydrogen-bond acceptors (Lipinski definition) is 5. The summed E-state index contributed by atoms with van der Waals surface area (Å²) < 4.78 is 23.3. The molecule has 0 fully saturated rings. The molecule has 0 saturated heterocycles. The van der Waals surface area contributed by atoms with Crippen molar-refractivity contribution in [3.63, 3.8) is 0 Å². The maximum atomic E-state index is 12.8. The van der Waals surface area contributed by atoms with E-state index in [1.54, 1.807) is 6.54 Å². The summed E-state index contributed by atoms with van der Waals surface area (Å²) >= 11 is 0. The average Bonchev–Trinajstić information content (AvgIpc) is 2.82. The van der Waals surface area contributed by atoms with Gasteiger partial charge in [0, 0.05) is 31.5 Å². The van der Waals surface area contributed by atoms with Crippen LogP contribution in [0, 0.1) is 12.5 Å². The van der Waals surface area contributed by atoms with Crippen molar-refractivity contribution in [3.8, 4) is 0 Å². The number of aryl methyl sites for hydroxylation is 1. The number of benzene rings is 2. The first kappa shape index (κ1) is 28.5. The number of sulfone groups is 1. The highest BCUT2D eigenvalue weighted by Crippen LogP contribution is 2.11. The molecule has 8 heteroatoms. The summed E-state index contributed by atoms with van der Waals surface area (Å²) in [5, 5.41) is 8.85. The van der Waals surface area contributed by atoms with Gasteiger partial charge in [0.15, 0.2) is 9.84 Å². The molecule has 0 aromatic heterocycles. The Morgan fingerprint density at radius 1 is 0.971 bits per heavy atom. The Hall–Kier alpha value is -2.71. The third kappa shape index (κ3) is 10.2. The zero-order valence-corrected chi connectivity index (χ0v) is 22.0. The first-order valence-electron chi connectivity index (χ1n) is 12.1. The molecule has 35 heavy (non-hydrogen) atoms. The van der Waals surface area contributed by atoms with Gasteiger partial charge in [0.1, 0.15) is 6.04 Å². The molecule has 3 N–H and O–H groups in total. The minimum absolute atomic E-state index is 0.0859. The molecular weight excluding hydrogens is 462 g/mol. The van der Waals surface area contributed by atoms with E-state index in [9.17, 15) is 18.0 Å². The van der Waals surface area contributed by atoms with Crippen molar-refractivity contribution >= 4 is 21.7 Å². The Morgan fingerprint density at radius 3 is 2.17 bits per heavy atom. The molecule has 2 aromatic rings. The van der Waals surface area contributed by atoms with Crippen LogP contribution in [0.4, 0.5) is 0 Å². The highest BCUT2D eigenvalue weighted by molar-refractivity contribution is 7.90. The van der Waals surface area contributed by atoms with E-state index >= 15 is 0 Å². The number of rotatable bonds is 14. The van der Waals surface area contributed by atoms with Gasteiger partial charge >= 0.3 is 0 Å². The van der Waals surface area contributed by atoms with E-state index in [0.29, 0.717) is 18.0 Å². The third-order valence-corrected chi connectivity index (χ3v) is 6.68. The van der Waals surface area contributed by atoms with Gasteiger partial charge in [-0.3, -0.25) is 9.59 Å². The van der Waals surface area contributed by atoms with Crippen LogP contribution < -0.4 is 16.0 Å². The fraction of sp³-hybridized carbons (Fsp3) is 0.444. The molecule has 1 atom stereocenters. The molecule has 0 aliphatic carbocycles. The molecule has 7 nitrogen and oxygen atoms in total. The SMILES string of the molecule is CCCCc1ccc(CN[C@@H](CNC(=O)c2ccc(S(C)(=O)=O)cc2)C(=O)N[CH]CC(C)C)cc1. The van der Waals surface area contributed by atoms with Gasteiger partial charge < -0.3 is 16.0 Å². The van der Waals surface area contributed by atoms with Crippen molar-refractivity contribution in [2.45, 2.75) is 63.9 Å². The first-order chi connectivity index (χ1) is 16.6. The van der Waals surface area contributed by atoms with Crippen LogP contribution in [0.5, 0.6) is 0 Å². The summed E-state index contributed by atoms with van der Waals surface area (Å²) in [7, 11) is -3.34. The van der Waals surface area contributed by atoms with Crippen molar-refractivity contribution in [3.05, 3.63) is 71.8 Å². The predicted molar refractivity (Wildman–Crippen MR) is 139 cm³/mol. The van der Waals surface area contributed by atoms with Crippen LogP contribution in [0.2, 0.25) is 0 Å². The number of unbranched alkanes of at least 4 members (excludes halogenated alkanes) is 1. The van der Waals surface area contributed by atoms with Crippen molar-refractivity contribution in [1.82, 2.24) is 16.0 Å². The molecular formula is C27H38N3O4S. The summed E-state index contributed by atoms with van der Waals surface area (Å²) in [5.74, 6) is -0.184. The van der Waals surface area contributed by atoms with E-state index < -0.39 is 15.9 Å². The van der Waals surface area contributed by atoms with Gasteiger partial charge in [-0.2, -0.15) is 0 Å². The van der Waals surface area contributed by atoms with Crippen LogP contribution in [0.1, 0.15) is 61.5 Å². The number of carbonyl (C=O) groups excluding carboxylic acids is 2. The molecule has 2 rings (SSSR count). The maximum Gasteiger partial charge on any atom is 0.251 e. The molecule has 0 aliphatic rings. The standard InChI is InChI=1S/C27H38N3O4S/c1-5-6-7-21-8-10-22(11-9-21)18-29-25(27(32)28-17-16-20(2)3)19-30-26(31)23-12-14-24(15-13-23)35(4,33)34/h8-15,17,20,25,29H,5-7,16,18-19H2,1-4H3,(H,28,32)(H,30,31)/t25-/m0/s1. The fourth-order valence-electron chi connectivity index (χ4n) is 3.35. The summed E-state index contributed by atoms with van der Waals surface area (Å²) in [6.45, 7) is 8.62. The van der Waals surface area contributed by atoms with Crippen molar-refractivity contribution in [2.75, 3.05) is 12.8 Å². The molecule has 0 spiro atoms. The van der Waals surface area contributed by atoms with Crippen LogP contribution in [0.15, 0.2) is 53.4 Å². The van der Waals surface area contributed by atoms with Gasteiger partial charge in [0.2, 0.25) is 5.91 Å². The van der Waals surface area contributed by atoms with Crippen molar-refractivity contribution < 1.29 is 18.0 Å². The van der Waals surface area contributed by atoms with Gasteiger partial charge in [-0.05, 0) is 60.6 Å². The third-order valence-electron chi connectivity index (χ3n) is 5.56. The fourth-order valence-corrected chi connectivity index (χ4v) is 3.98. The van der Waals surface area contributed by atoms with Gasteiger partial charge in [0.25, 0.3) is 5.91 Å². The Bertz CT molecular complexity index is 1050. The van der Waals surface area contributed by atoms with Crippen LogP contribution in [-0.4, -0.2) is 39.1 Å². The summed E-state index contributed by atoms with van der Waals surface area (Å²) in [5.41, 5.74) is 2.67. The summed E-state index contributed by atoms with van der Waals surface area (Å²) in [6.07, 6.45) is 5.23. The smallest absolute Gasteiger partial charge is 0.251 e. The van der Waals surface area contributed by atoms with Crippen molar-refractivity contribution in [1.29, 1.82) is 0 Å². The van der Waals surface area contributed by atoms with E-state index in [1.807, 2.05) is 0 Å². The number of hydrogen-bond donors (Lipinski definition) is 3. The minimum atomic E-state index is -3.34. The minimum Gasteiger partial charge on any atom is -0.350 e. The second kappa shape index (κ2) is 14.0. The molecule has 191 valence electrons. The van der Waals surface area contributed by atoms with Gasteiger partial charge in [0.05, 0.1) is 4.90 Å². The monoisotopic (exact) mass is 500 g/mol. The second-order valence-electron chi connectivity index (χ2n) is 9.20. The number of carbonyl (C=O) groups is 2. The Kier molecular flexibility index (Phi) is 11.4. The van der Waals surface area contributed by atoms with Crippen LogP contribution >= 0.6 is 0 Å². The quantitative estimate of drug-likeness (QED) is 0.367. The number of amides is 2. The highest BCUT2D eigenvalue weighted by atomic mass is 32.2. The van der Waals surface area contributed by atoms with E-state index in [4.69, 9.17) is 0 Å². The Balaban J connectivity index is 2.00. The average molecular weight is 501 g/mol. The molecule has 2 amide bonds. The lowest BCUT2D eigenvalue weighted by atomic mass is 10.1. The molecule has 2 aromatic carbocycles. The van der Waals surface area contributed by atoms with Gasteiger partial charge in [-0.25, -0.2) is 8.42 Å². The van der Waals surface area contributed by atoms with E-state index in [0.717, 1.165) is 37.5 Å². The van der Waals surface area contributed by atoms with E-state index in [1.165, 1.54) is 29.8 Å². The zero-order valence-electron chi connectivity index (χ0n) is 21.1. The number of nitrogens with one attached hydrogen (secondary N) is 3. The van der Waals surface area contributed by atoms with E-state index in [2.05, 4.69) is 61.0 Å². The van der Waals surface area contributed by atoms with Crippen molar-refractivity contribution in [2.24, 2.45) is 5.92 Å². The predicted octanol–water partition coefficient (Wildman–Crippen LogP) is 3.64. The van der Waals surface area contributed by atoms with Crippen LogP contribution in [0.25, 0.3) is 0 Å². The van der Waals surface area contributed by atoms with Crippen LogP contribution in [0.3, 0.4) is 0 Å². The van der Waals surface area contributed by atoms with Gasteiger partial charge in [-0.1, -0.05) is 51.5 Å². The maximum absolute atomic E-state index is 12.8. The molecule has 0 aliphatic heterocycles. The topological polar surface area (TPSA) is 104 Å². The lowest BCUT2D eigenvalue weighted by Crippen LogP contribution is -2.50. The van der Waals surface area contributed by atoms with Crippen LogP contribution in [-0.2, 0) is 27.6 Å². The lowest BCUT2D eigenvalue weighted by Gasteiger charge is -2.19. The largest absolute Gasteiger partial charge is 0.350 e. The highest BCUT2D eigenvalue weighted by Gasteiger charge is 2.19. The molecule has 1 radical (unpaired) electrons. The Labute approximate surface area is 210 Å². The normalized spacial score (nSPS) is 12.4. The van der Waals surface area contributed by atoms with E-state index in [-0.39, 0.29) is 23.3 Å². The van der Waals surface area contributed by atoms with Gasteiger partial charge in [-0.15, -0.1) is 0 Å². The second-order valence-corrected chi connectivity index (χ2v) is 11.2. The molecule has 0 saturated carbocycles.